The second-order valence-corrected chi connectivity index (χ2v) is 3.25. The first-order valence-electron chi connectivity index (χ1n) is 4.85. The third kappa shape index (κ3) is 2.43. The van der Waals surface area contributed by atoms with Gasteiger partial charge in [-0.3, -0.25) is 13.9 Å². The number of hydrogen-bond acceptors (Lipinski definition) is 5. The predicted octanol–water partition coefficient (Wildman–Crippen LogP) is -2.07. The molecule has 3 N–H and O–H groups in total. The monoisotopic (exact) mass is 242 g/mol. The second kappa shape index (κ2) is 5.41. The number of imidazole rings is 1. The lowest BCUT2D eigenvalue weighted by molar-refractivity contribution is 0.186. The lowest BCUT2D eigenvalue weighted by Crippen LogP contribution is -2.36. The molecule has 0 saturated heterocycles. The smallest absolute Gasteiger partial charge is 0.332 e. The Kier molecular flexibility index (Phi) is 4.18. The standard InChI is InChI=1S/C7H8N4O2.C2H6O2/c1-10-5-4(8-3-9-5)6(12)11(2)7(10)13;3-1-2-4/h3H,1-2H3,(H,8,9);3-4H,1-2H2. The molecule has 0 aliphatic heterocycles. The third-order valence-corrected chi connectivity index (χ3v) is 2.13. The maximum Gasteiger partial charge on any atom is 0.332 e. The molecule has 0 unspecified atom stereocenters. The SMILES string of the molecule is Cn1c(=O)c2[nH]cnc2n(C)c1=O.OCCO. The van der Waals surface area contributed by atoms with Gasteiger partial charge in [-0.1, -0.05) is 0 Å². The van der Waals surface area contributed by atoms with Crippen LogP contribution in [0.5, 0.6) is 0 Å². The highest BCUT2D eigenvalue weighted by molar-refractivity contribution is 5.68. The van der Waals surface area contributed by atoms with Gasteiger partial charge in [0.05, 0.1) is 19.5 Å². The molecule has 0 fully saturated rings. The van der Waals surface area contributed by atoms with Crippen molar-refractivity contribution in [3.05, 3.63) is 27.2 Å². The van der Waals surface area contributed by atoms with Crippen LogP contribution in [-0.4, -0.2) is 42.5 Å². The summed E-state index contributed by atoms with van der Waals surface area (Å²) < 4.78 is 2.37. The Morgan fingerprint density at radius 3 is 2.35 bits per heavy atom. The molecule has 94 valence electrons. The molecule has 0 radical (unpaired) electrons. The van der Waals surface area contributed by atoms with Gasteiger partial charge in [0.2, 0.25) is 0 Å². The van der Waals surface area contributed by atoms with Crippen LogP contribution in [-0.2, 0) is 14.1 Å². The Bertz CT molecular complexity index is 607. The molecule has 17 heavy (non-hydrogen) atoms. The van der Waals surface area contributed by atoms with Gasteiger partial charge in [0.15, 0.2) is 5.65 Å². The minimum Gasteiger partial charge on any atom is -0.394 e. The van der Waals surface area contributed by atoms with E-state index < -0.39 is 0 Å². The van der Waals surface area contributed by atoms with Crippen LogP contribution >= 0.6 is 0 Å². The van der Waals surface area contributed by atoms with E-state index in [4.69, 9.17) is 10.2 Å². The molecule has 2 aromatic heterocycles. The van der Waals surface area contributed by atoms with Crippen molar-refractivity contribution in [3.63, 3.8) is 0 Å². The second-order valence-electron chi connectivity index (χ2n) is 3.25. The molecule has 8 nitrogen and oxygen atoms in total. The van der Waals surface area contributed by atoms with Gasteiger partial charge >= 0.3 is 5.69 Å². The van der Waals surface area contributed by atoms with E-state index in [1.165, 1.54) is 17.9 Å². The van der Waals surface area contributed by atoms with E-state index in [9.17, 15) is 9.59 Å². The van der Waals surface area contributed by atoms with Crippen molar-refractivity contribution >= 4 is 11.2 Å². The molecule has 0 amide bonds. The van der Waals surface area contributed by atoms with Gasteiger partial charge in [-0.05, 0) is 0 Å². The Hall–Kier alpha value is -1.93. The van der Waals surface area contributed by atoms with E-state index in [1.807, 2.05) is 0 Å². The number of fused-ring (bicyclic) bond motifs is 1. The molecule has 8 heteroatoms. The number of nitrogens with zero attached hydrogens (tertiary/aromatic N) is 3. The molecule has 0 bridgehead atoms. The Morgan fingerprint density at radius 2 is 1.82 bits per heavy atom. The summed E-state index contributed by atoms with van der Waals surface area (Å²) in [6, 6.07) is 0. The molecule has 0 atom stereocenters. The largest absolute Gasteiger partial charge is 0.394 e. The zero-order chi connectivity index (χ0) is 13.0. The molecule has 0 aliphatic carbocycles. The summed E-state index contributed by atoms with van der Waals surface area (Å²) >= 11 is 0. The van der Waals surface area contributed by atoms with E-state index in [1.54, 1.807) is 7.05 Å². The van der Waals surface area contributed by atoms with Crippen LogP contribution in [0.25, 0.3) is 11.2 Å². The molecular formula is C9H14N4O4. The zero-order valence-electron chi connectivity index (χ0n) is 9.54. The maximum absolute atomic E-state index is 11.4. The van der Waals surface area contributed by atoms with Gasteiger partial charge in [0.25, 0.3) is 5.56 Å². The average Bonchev–Trinajstić information content (AvgIpc) is 2.83. The van der Waals surface area contributed by atoms with E-state index >= 15 is 0 Å². The van der Waals surface area contributed by atoms with Crippen molar-refractivity contribution in [1.29, 1.82) is 0 Å². The fourth-order valence-corrected chi connectivity index (χ4v) is 1.27. The summed E-state index contributed by atoms with van der Waals surface area (Å²) in [6.45, 7) is -0.250. The van der Waals surface area contributed by atoms with Crippen molar-refractivity contribution < 1.29 is 10.2 Å². The van der Waals surface area contributed by atoms with Crippen LogP contribution in [0.15, 0.2) is 15.9 Å². The maximum atomic E-state index is 11.4. The topological polar surface area (TPSA) is 113 Å². The first-order chi connectivity index (χ1) is 8.04. The normalized spacial score (nSPS) is 10.1. The van der Waals surface area contributed by atoms with Crippen LogP contribution in [0.3, 0.4) is 0 Å². The lowest BCUT2D eigenvalue weighted by Gasteiger charge is -2.00. The summed E-state index contributed by atoms with van der Waals surface area (Å²) in [5.74, 6) is 0. The molecule has 0 aliphatic rings. The first-order valence-corrected chi connectivity index (χ1v) is 4.85. The van der Waals surface area contributed by atoms with Crippen molar-refractivity contribution in [1.82, 2.24) is 19.1 Å². The molecule has 2 aromatic rings. The summed E-state index contributed by atoms with van der Waals surface area (Å²) in [4.78, 5) is 29.4. The zero-order valence-corrected chi connectivity index (χ0v) is 9.54. The van der Waals surface area contributed by atoms with E-state index in [2.05, 4.69) is 9.97 Å². The van der Waals surface area contributed by atoms with Gasteiger partial charge < -0.3 is 15.2 Å². The predicted molar refractivity (Wildman–Crippen MR) is 60.7 cm³/mol. The van der Waals surface area contributed by atoms with Crippen molar-refractivity contribution in [3.8, 4) is 0 Å². The van der Waals surface area contributed by atoms with Gasteiger partial charge in [0, 0.05) is 14.1 Å². The number of aryl methyl sites for hydroxylation is 1. The summed E-state index contributed by atoms with van der Waals surface area (Å²) in [5.41, 5.74) is 0.0119. The Labute approximate surface area is 95.8 Å². The number of nitrogens with one attached hydrogen (secondary N) is 1. The van der Waals surface area contributed by atoms with Crippen molar-refractivity contribution in [2.24, 2.45) is 14.1 Å². The number of aliphatic hydroxyl groups excluding tert-OH is 2. The third-order valence-electron chi connectivity index (χ3n) is 2.13. The minimum absolute atomic E-state index is 0.125. The van der Waals surface area contributed by atoms with E-state index in [0.717, 1.165) is 4.57 Å². The summed E-state index contributed by atoms with van der Waals surface area (Å²) in [7, 11) is 3.01. The van der Waals surface area contributed by atoms with Gasteiger partial charge in [-0.15, -0.1) is 0 Å². The van der Waals surface area contributed by atoms with Gasteiger partial charge in [-0.25, -0.2) is 9.78 Å². The molecular weight excluding hydrogens is 228 g/mol. The number of rotatable bonds is 1. The Balaban J connectivity index is 0.000000317. The van der Waals surface area contributed by atoms with Crippen LogP contribution in [0.1, 0.15) is 0 Å². The summed E-state index contributed by atoms with van der Waals surface area (Å²) in [5, 5.41) is 15.2. The lowest BCUT2D eigenvalue weighted by atomic mass is 10.5. The number of aliphatic hydroxyl groups is 2. The number of H-pyrrole nitrogens is 1. The fourth-order valence-electron chi connectivity index (χ4n) is 1.27. The molecule has 2 rings (SSSR count). The summed E-state index contributed by atoms with van der Waals surface area (Å²) in [6.07, 6.45) is 1.39. The molecule has 2 heterocycles. The van der Waals surface area contributed by atoms with Crippen LogP contribution in [0, 0.1) is 0 Å². The molecule has 0 aromatic carbocycles. The Morgan fingerprint density at radius 1 is 1.24 bits per heavy atom. The molecule has 0 spiro atoms. The van der Waals surface area contributed by atoms with Gasteiger partial charge in [-0.2, -0.15) is 0 Å². The number of aromatic amines is 1. The molecule has 0 saturated carbocycles. The van der Waals surface area contributed by atoms with Crippen LogP contribution in [0.4, 0.5) is 0 Å². The average molecular weight is 242 g/mol. The number of hydrogen-bond donors (Lipinski definition) is 3. The number of aromatic nitrogens is 4. The quantitative estimate of drug-likeness (QED) is 0.531. The van der Waals surface area contributed by atoms with E-state index in [-0.39, 0.29) is 24.5 Å². The van der Waals surface area contributed by atoms with E-state index in [0.29, 0.717) is 11.2 Å². The highest BCUT2D eigenvalue weighted by Crippen LogP contribution is 1.97. The van der Waals surface area contributed by atoms with Crippen molar-refractivity contribution in [2.75, 3.05) is 13.2 Å². The first kappa shape index (κ1) is 13.1. The fraction of sp³-hybridized carbons (Fsp3) is 0.444. The highest BCUT2D eigenvalue weighted by Gasteiger charge is 2.08. The van der Waals surface area contributed by atoms with Crippen LogP contribution < -0.4 is 11.2 Å². The van der Waals surface area contributed by atoms with Crippen LogP contribution in [0.2, 0.25) is 0 Å². The van der Waals surface area contributed by atoms with Crippen molar-refractivity contribution in [2.45, 2.75) is 0 Å². The highest BCUT2D eigenvalue weighted by atomic mass is 16.3. The van der Waals surface area contributed by atoms with Gasteiger partial charge in [0.1, 0.15) is 5.52 Å². The minimum atomic E-state index is -0.371.